The van der Waals surface area contributed by atoms with Gasteiger partial charge in [0, 0.05) is 32.4 Å². The number of nitrogens with one attached hydrogen (secondary N) is 1. The zero-order valence-electron chi connectivity index (χ0n) is 14.2. The predicted molar refractivity (Wildman–Crippen MR) is 97.4 cm³/mol. The summed E-state index contributed by atoms with van der Waals surface area (Å²) in [6.07, 6.45) is 1.64. The van der Waals surface area contributed by atoms with Crippen LogP contribution in [0.15, 0.2) is 22.8 Å². The van der Waals surface area contributed by atoms with E-state index in [1.54, 1.807) is 23.2 Å². The number of nitriles is 1. The molecule has 1 saturated heterocycles. The van der Waals surface area contributed by atoms with Gasteiger partial charge in [-0.15, -0.1) is 0 Å². The van der Waals surface area contributed by atoms with Crippen LogP contribution in [0.3, 0.4) is 0 Å². The number of rotatable bonds is 3. The van der Waals surface area contributed by atoms with E-state index in [0.29, 0.717) is 37.4 Å². The van der Waals surface area contributed by atoms with Crippen molar-refractivity contribution in [2.75, 3.05) is 31.1 Å². The first-order valence-corrected chi connectivity index (χ1v) is 8.94. The van der Waals surface area contributed by atoms with E-state index < -0.39 is 0 Å². The molecule has 0 unspecified atom stereocenters. The first-order valence-electron chi connectivity index (χ1n) is 8.15. The maximum atomic E-state index is 12.7. The summed E-state index contributed by atoms with van der Waals surface area (Å²) >= 11 is 3.49. The summed E-state index contributed by atoms with van der Waals surface area (Å²) in [7, 11) is 0. The normalized spacial score (nSPS) is 14.7. The van der Waals surface area contributed by atoms with Crippen LogP contribution in [0.4, 0.5) is 5.82 Å². The monoisotopic (exact) mass is 402 g/mol. The molecule has 3 heterocycles. The van der Waals surface area contributed by atoms with E-state index >= 15 is 0 Å². The molecule has 7 nitrogen and oxygen atoms in total. The molecule has 0 saturated carbocycles. The van der Waals surface area contributed by atoms with Crippen molar-refractivity contribution in [3.05, 3.63) is 39.8 Å². The van der Waals surface area contributed by atoms with Crippen molar-refractivity contribution < 1.29 is 4.79 Å². The van der Waals surface area contributed by atoms with Gasteiger partial charge in [0.15, 0.2) is 5.69 Å². The van der Waals surface area contributed by atoms with E-state index in [9.17, 15) is 4.79 Å². The number of aromatic amines is 1. The maximum Gasteiger partial charge on any atom is 0.275 e. The lowest BCUT2D eigenvalue weighted by Crippen LogP contribution is -2.49. The topological polar surface area (TPSA) is 88.9 Å². The van der Waals surface area contributed by atoms with Crippen molar-refractivity contribution in [3.63, 3.8) is 0 Å². The molecule has 130 valence electrons. The van der Waals surface area contributed by atoms with E-state index in [0.717, 1.165) is 16.0 Å². The third-order valence-corrected chi connectivity index (χ3v) is 5.08. The van der Waals surface area contributed by atoms with Gasteiger partial charge < -0.3 is 9.80 Å². The predicted octanol–water partition coefficient (Wildman–Crippen LogP) is 2.52. The summed E-state index contributed by atoms with van der Waals surface area (Å²) in [5, 5.41) is 16.1. The van der Waals surface area contributed by atoms with Gasteiger partial charge in [0.1, 0.15) is 5.82 Å². The van der Waals surface area contributed by atoms with Crippen LogP contribution in [0.5, 0.6) is 0 Å². The Morgan fingerprint density at radius 3 is 2.68 bits per heavy atom. The highest BCUT2D eigenvalue weighted by atomic mass is 79.9. The van der Waals surface area contributed by atoms with Crippen molar-refractivity contribution in [3.8, 4) is 6.07 Å². The van der Waals surface area contributed by atoms with E-state index in [-0.39, 0.29) is 11.8 Å². The van der Waals surface area contributed by atoms with Crippen LogP contribution < -0.4 is 4.90 Å². The fraction of sp³-hybridized carbons (Fsp3) is 0.412. The van der Waals surface area contributed by atoms with E-state index in [1.165, 1.54) is 0 Å². The molecular formula is C17H19BrN6O. The number of carbonyl (C=O) groups is 1. The molecule has 0 aliphatic carbocycles. The summed E-state index contributed by atoms with van der Waals surface area (Å²) in [5.74, 6) is 0.960. The van der Waals surface area contributed by atoms with Crippen LogP contribution in [0.25, 0.3) is 0 Å². The molecule has 2 aromatic heterocycles. The van der Waals surface area contributed by atoms with Gasteiger partial charge in [0.25, 0.3) is 5.91 Å². The standard InChI is InChI=1S/C17H19BrN6O/c1-11(2)15-14(18)16(22-21-15)17(25)24-7-5-23(6-8-24)13-9-12(10-19)3-4-20-13/h3-4,9,11H,5-8H2,1-2H3,(H,21,22). The third-order valence-electron chi connectivity index (χ3n) is 4.28. The molecule has 25 heavy (non-hydrogen) atoms. The number of H-pyrrole nitrogens is 1. The minimum absolute atomic E-state index is 0.0755. The van der Waals surface area contributed by atoms with Crippen molar-refractivity contribution in [2.45, 2.75) is 19.8 Å². The van der Waals surface area contributed by atoms with E-state index in [1.807, 2.05) is 13.8 Å². The minimum Gasteiger partial charge on any atom is -0.353 e. The van der Waals surface area contributed by atoms with Gasteiger partial charge in [-0.2, -0.15) is 10.4 Å². The number of carbonyl (C=O) groups excluding carboxylic acids is 1. The number of aromatic nitrogens is 3. The lowest BCUT2D eigenvalue weighted by Gasteiger charge is -2.35. The molecule has 1 N–H and O–H groups in total. The Morgan fingerprint density at radius 2 is 2.08 bits per heavy atom. The number of piperazine rings is 1. The second-order valence-electron chi connectivity index (χ2n) is 6.25. The average molecular weight is 403 g/mol. The maximum absolute atomic E-state index is 12.7. The molecule has 1 amide bonds. The molecule has 0 spiro atoms. The zero-order chi connectivity index (χ0) is 18.0. The Morgan fingerprint density at radius 1 is 1.36 bits per heavy atom. The molecule has 1 aliphatic heterocycles. The largest absolute Gasteiger partial charge is 0.353 e. The van der Waals surface area contributed by atoms with Crippen LogP contribution in [0.1, 0.15) is 41.5 Å². The molecule has 0 bridgehead atoms. The minimum atomic E-state index is -0.0755. The van der Waals surface area contributed by atoms with E-state index in [2.05, 4.69) is 42.1 Å². The van der Waals surface area contributed by atoms with Crippen molar-refractivity contribution in [1.29, 1.82) is 5.26 Å². The SMILES string of the molecule is CC(C)c1[nH]nc(C(=O)N2CCN(c3cc(C#N)ccn3)CC2)c1Br. The molecule has 8 heteroatoms. The van der Waals surface area contributed by atoms with Gasteiger partial charge in [-0.05, 0) is 34.0 Å². The zero-order valence-corrected chi connectivity index (χ0v) is 15.7. The molecule has 2 aromatic rings. The Bertz CT molecular complexity index is 817. The Kier molecular flexibility index (Phi) is 5.04. The highest BCUT2D eigenvalue weighted by Crippen LogP contribution is 2.27. The second-order valence-corrected chi connectivity index (χ2v) is 7.04. The van der Waals surface area contributed by atoms with Crippen molar-refractivity contribution in [1.82, 2.24) is 20.1 Å². The third kappa shape index (κ3) is 3.51. The van der Waals surface area contributed by atoms with Gasteiger partial charge in [0.05, 0.1) is 21.8 Å². The summed E-state index contributed by atoms with van der Waals surface area (Å²) in [4.78, 5) is 20.9. The number of halogens is 1. The van der Waals surface area contributed by atoms with Crippen LogP contribution in [-0.2, 0) is 0 Å². The van der Waals surface area contributed by atoms with Crippen molar-refractivity contribution in [2.24, 2.45) is 0 Å². The highest BCUT2D eigenvalue weighted by Gasteiger charge is 2.27. The Hall–Kier alpha value is -2.40. The molecule has 0 aromatic carbocycles. The van der Waals surface area contributed by atoms with Crippen molar-refractivity contribution >= 4 is 27.7 Å². The fourth-order valence-electron chi connectivity index (χ4n) is 2.82. The summed E-state index contributed by atoms with van der Waals surface area (Å²) in [5.41, 5.74) is 1.95. The van der Waals surface area contributed by atoms with Gasteiger partial charge in [-0.25, -0.2) is 4.98 Å². The van der Waals surface area contributed by atoms with Gasteiger partial charge in [-0.3, -0.25) is 9.89 Å². The average Bonchev–Trinajstić information content (AvgIpc) is 3.03. The Labute approximate surface area is 154 Å². The summed E-state index contributed by atoms with van der Waals surface area (Å²) in [6.45, 7) is 6.63. The highest BCUT2D eigenvalue weighted by molar-refractivity contribution is 9.10. The smallest absolute Gasteiger partial charge is 0.275 e. The number of amides is 1. The van der Waals surface area contributed by atoms with Gasteiger partial charge >= 0.3 is 0 Å². The number of hydrogen-bond acceptors (Lipinski definition) is 5. The number of pyridine rings is 1. The number of anilines is 1. The molecular weight excluding hydrogens is 384 g/mol. The lowest BCUT2D eigenvalue weighted by atomic mass is 10.1. The first-order chi connectivity index (χ1) is 12.0. The molecule has 0 radical (unpaired) electrons. The summed E-state index contributed by atoms with van der Waals surface area (Å²) in [6, 6.07) is 5.58. The van der Waals surface area contributed by atoms with E-state index in [4.69, 9.17) is 5.26 Å². The molecule has 1 aliphatic rings. The molecule has 3 rings (SSSR count). The fourth-order valence-corrected chi connectivity index (χ4v) is 3.62. The number of hydrogen-bond donors (Lipinski definition) is 1. The number of nitrogens with zero attached hydrogens (tertiary/aromatic N) is 5. The molecule has 0 atom stereocenters. The lowest BCUT2D eigenvalue weighted by molar-refractivity contribution is 0.0739. The van der Waals surface area contributed by atoms with Crippen LogP contribution >= 0.6 is 15.9 Å². The van der Waals surface area contributed by atoms with Gasteiger partial charge in [0.2, 0.25) is 0 Å². The van der Waals surface area contributed by atoms with Crippen LogP contribution in [-0.4, -0.2) is 52.2 Å². The van der Waals surface area contributed by atoms with Crippen LogP contribution in [0, 0.1) is 11.3 Å². The molecule has 1 fully saturated rings. The second kappa shape index (κ2) is 7.23. The first kappa shape index (κ1) is 17.4. The van der Waals surface area contributed by atoms with Gasteiger partial charge in [-0.1, -0.05) is 13.8 Å². The summed E-state index contributed by atoms with van der Waals surface area (Å²) < 4.78 is 0.748. The Balaban J connectivity index is 1.68. The van der Waals surface area contributed by atoms with Crippen LogP contribution in [0.2, 0.25) is 0 Å². The quantitative estimate of drug-likeness (QED) is 0.851.